The first-order valence-electron chi connectivity index (χ1n) is 11.4. The van der Waals surface area contributed by atoms with Crippen molar-refractivity contribution in [1.82, 2.24) is 16.3 Å². The maximum absolute atomic E-state index is 12.8. The minimum Gasteiger partial charge on any atom is -0.496 e. The fraction of sp³-hybridized carbons (Fsp3) is 0.231. The molecule has 0 saturated carbocycles. The van der Waals surface area contributed by atoms with Gasteiger partial charge in [-0.1, -0.05) is 30.3 Å². The van der Waals surface area contributed by atoms with Crippen molar-refractivity contribution in [2.75, 3.05) is 13.7 Å². The van der Waals surface area contributed by atoms with Crippen molar-refractivity contribution < 1.29 is 28.3 Å². The maximum atomic E-state index is 12.8. The number of carbonyl (C=O) groups excluding carboxylic acids is 3. The second kappa shape index (κ2) is 11.2. The lowest BCUT2D eigenvalue weighted by Crippen LogP contribution is -2.41. The lowest BCUT2D eigenvalue weighted by molar-refractivity contribution is -0.123. The summed E-state index contributed by atoms with van der Waals surface area (Å²) in [6.45, 7) is 1.55. The third kappa shape index (κ3) is 5.54. The van der Waals surface area contributed by atoms with Crippen LogP contribution in [-0.2, 0) is 11.2 Å². The molecule has 1 aliphatic carbocycles. The van der Waals surface area contributed by atoms with Crippen LogP contribution in [0.15, 0.2) is 64.1 Å². The molecule has 10 heteroatoms. The van der Waals surface area contributed by atoms with E-state index in [1.807, 2.05) is 18.2 Å². The number of para-hydroxylation sites is 2. The summed E-state index contributed by atoms with van der Waals surface area (Å²) < 4.78 is 16.4. The summed E-state index contributed by atoms with van der Waals surface area (Å²) in [7, 11) is 1.46. The van der Waals surface area contributed by atoms with Crippen LogP contribution in [0.25, 0.3) is 0 Å². The van der Waals surface area contributed by atoms with Gasteiger partial charge in [0.15, 0.2) is 12.4 Å². The molecule has 2 aromatic carbocycles. The van der Waals surface area contributed by atoms with Crippen LogP contribution < -0.4 is 25.8 Å². The number of carbonyl (C=O) groups is 3. The van der Waals surface area contributed by atoms with Crippen molar-refractivity contribution in [3.05, 3.63) is 82.8 Å². The minimum atomic E-state index is -0.607. The van der Waals surface area contributed by atoms with Crippen molar-refractivity contribution >= 4 is 23.4 Å². The zero-order valence-corrected chi connectivity index (χ0v) is 19.9. The molecule has 4 rings (SSSR count). The SMILES string of the molecule is COc1ccccc1C(=O)NNC(=O)c1oc2c(c1C)/C(=N/NC(=O)COc1ccccc1)CCC2. The Morgan fingerprint density at radius 2 is 1.69 bits per heavy atom. The third-order valence-electron chi connectivity index (χ3n) is 5.60. The van der Waals surface area contributed by atoms with E-state index < -0.39 is 17.7 Å². The van der Waals surface area contributed by atoms with E-state index in [2.05, 4.69) is 21.4 Å². The Morgan fingerprint density at radius 1 is 0.972 bits per heavy atom. The van der Waals surface area contributed by atoms with Gasteiger partial charge in [-0.3, -0.25) is 25.2 Å². The van der Waals surface area contributed by atoms with Gasteiger partial charge in [0.2, 0.25) is 0 Å². The van der Waals surface area contributed by atoms with Crippen LogP contribution in [0.5, 0.6) is 11.5 Å². The van der Waals surface area contributed by atoms with Gasteiger partial charge in [-0.05, 0) is 44.0 Å². The van der Waals surface area contributed by atoms with E-state index in [1.165, 1.54) is 7.11 Å². The highest BCUT2D eigenvalue weighted by Gasteiger charge is 2.28. The van der Waals surface area contributed by atoms with Crippen molar-refractivity contribution in [3.63, 3.8) is 0 Å². The first-order valence-corrected chi connectivity index (χ1v) is 11.4. The number of furan rings is 1. The molecular weight excluding hydrogens is 464 g/mol. The maximum Gasteiger partial charge on any atom is 0.305 e. The lowest BCUT2D eigenvalue weighted by Gasteiger charge is -2.13. The lowest BCUT2D eigenvalue weighted by atomic mass is 9.93. The van der Waals surface area contributed by atoms with Gasteiger partial charge in [0.25, 0.3) is 11.8 Å². The molecule has 3 amide bonds. The molecule has 1 aliphatic rings. The highest BCUT2D eigenvalue weighted by atomic mass is 16.5. The molecular formula is C26H26N4O6. The van der Waals surface area contributed by atoms with Crippen molar-refractivity contribution in [2.45, 2.75) is 26.2 Å². The molecule has 0 radical (unpaired) electrons. The van der Waals surface area contributed by atoms with Gasteiger partial charge in [-0.2, -0.15) is 5.10 Å². The van der Waals surface area contributed by atoms with E-state index in [4.69, 9.17) is 13.9 Å². The molecule has 1 aromatic heterocycles. The predicted molar refractivity (Wildman–Crippen MR) is 131 cm³/mol. The number of nitrogens with zero attached hydrogens (tertiary/aromatic N) is 1. The number of amides is 3. The largest absolute Gasteiger partial charge is 0.496 e. The van der Waals surface area contributed by atoms with Gasteiger partial charge in [-0.25, -0.2) is 5.43 Å². The number of aryl methyl sites for hydroxylation is 1. The first-order chi connectivity index (χ1) is 17.5. The Balaban J connectivity index is 1.41. The molecule has 0 atom stereocenters. The zero-order valence-electron chi connectivity index (χ0n) is 19.9. The number of hydrogen-bond acceptors (Lipinski definition) is 7. The van der Waals surface area contributed by atoms with Gasteiger partial charge in [0.1, 0.15) is 17.3 Å². The Bertz CT molecular complexity index is 1300. The summed E-state index contributed by atoms with van der Waals surface area (Å²) in [6, 6.07) is 15.7. The second-order valence-corrected chi connectivity index (χ2v) is 8.01. The summed E-state index contributed by atoms with van der Waals surface area (Å²) >= 11 is 0. The number of fused-ring (bicyclic) bond motifs is 1. The van der Waals surface area contributed by atoms with Gasteiger partial charge < -0.3 is 13.9 Å². The van der Waals surface area contributed by atoms with E-state index in [9.17, 15) is 14.4 Å². The fourth-order valence-corrected chi connectivity index (χ4v) is 3.89. The number of hydrazone groups is 1. The summed E-state index contributed by atoms with van der Waals surface area (Å²) in [5.41, 5.74) is 9.42. The van der Waals surface area contributed by atoms with Gasteiger partial charge >= 0.3 is 5.91 Å². The van der Waals surface area contributed by atoms with Gasteiger partial charge in [-0.15, -0.1) is 0 Å². The molecule has 186 valence electrons. The molecule has 0 spiro atoms. The Labute approximate surface area is 207 Å². The smallest absolute Gasteiger partial charge is 0.305 e. The average molecular weight is 491 g/mol. The van der Waals surface area contributed by atoms with Crippen molar-refractivity contribution in [2.24, 2.45) is 5.10 Å². The molecule has 10 nitrogen and oxygen atoms in total. The number of hydrazine groups is 1. The molecule has 0 unspecified atom stereocenters. The van der Waals surface area contributed by atoms with Crippen LogP contribution >= 0.6 is 0 Å². The fourth-order valence-electron chi connectivity index (χ4n) is 3.89. The van der Waals surface area contributed by atoms with E-state index in [1.54, 1.807) is 43.3 Å². The molecule has 0 fully saturated rings. The number of methoxy groups -OCH3 is 1. The predicted octanol–water partition coefficient (Wildman–Crippen LogP) is 2.91. The third-order valence-corrected chi connectivity index (χ3v) is 5.60. The highest BCUT2D eigenvalue weighted by molar-refractivity contribution is 6.07. The quantitative estimate of drug-likeness (QED) is 0.437. The van der Waals surface area contributed by atoms with Crippen LogP contribution in [-0.4, -0.2) is 37.1 Å². The van der Waals surface area contributed by atoms with E-state index in [0.29, 0.717) is 46.9 Å². The van der Waals surface area contributed by atoms with E-state index in [0.717, 1.165) is 6.42 Å². The van der Waals surface area contributed by atoms with Gasteiger partial charge in [0, 0.05) is 17.5 Å². The topological polar surface area (TPSA) is 131 Å². The van der Waals surface area contributed by atoms with Crippen molar-refractivity contribution in [1.29, 1.82) is 0 Å². The zero-order chi connectivity index (χ0) is 25.5. The number of benzene rings is 2. The Kier molecular flexibility index (Phi) is 7.64. The summed E-state index contributed by atoms with van der Waals surface area (Å²) in [4.78, 5) is 37.5. The van der Waals surface area contributed by atoms with E-state index in [-0.39, 0.29) is 17.9 Å². The van der Waals surface area contributed by atoms with Crippen LogP contribution in [0, 0.1) is 6.92 Å². The molecule has 3 N–H and O–H groups in total. The monoisotopic (exact) mass is 490 g/mol. The first kappa shape index (κ1) is 24.5. The number of ether oxygens (including phenoxy) is 2. The molecule has 36 heavy (non-hydrogen) atoms. The Morgan fingerprint density at radius 3 is 2.47 bits per heavy atom. The summed E-state index contributed by atoms with van der Waals surface area (Å²) in [5.74, 6) is 0.0893. The van der Waals surface area contributed by atoms with Gasteiger partial charge in [0.05, 0.1) is 18.4 Å². The number of nitrogens with one attached hydrogen (secondary N) is 3. The molecule has 1 heterocycles. The average Bonchev–Trinajstić information content (AvgIpc) is 3.26. The number of hydrogen-bond donors (Lipinski definition) is 3. The molecule has 0 aliphatic heterocycles. The second-order valence-electron chi connectivity index (χ2n) is 8.01. The minimum absolute atomic E-state index is 0.0636. The normalized spacial score (nSPS) is 13.4. The van der Waals surface area contributed by atoms with Crippen LogP contribution in [0.2, 0.25) is 0 Å². The standard InChI is InChI=1S/C26H26N4O6/c1-16-23-19(27-28-22(31)15-35-17-9-4-3-5-10-17)12-8-14-21(23)36-24(16)26(33)30-29-25(32)18-11-6-7-13-20(18)34-2/h3-7,9-11,13H,8,12,14-15H2,1-2H3,(H,28,31)(H,29,32)(H,30,33)/b27-19+. The highest BCUT2D eigenvalue weighted by Crippen LogP contribution is 2.29. The van der Waals surface area contributed by atoms with Crippen molar-refractivity contribution in [3.8, 4) is 11.5 Å². The van der Waals surface area contributed by atoms with E-state index >= 15 is 0 Å². The number of rotatable bonds is 7. The molecule has 0 bridgehead atoms. The molecule has 0 saturated heterocycles. The summed E-state index contributed by atoms with van der Waals surface area (Å²) in [6.07, 6.45) is 1.99. The summed E-state index contributed by atoms with van der Waals surface area (Å²) in [5, 5.41) is 4.26. The van der Waals surface area contributed by atoms with Crippen LogP contribution in [0.1, 0.15) is 50.6 Å². The van der Waals surface area contributed by atoms with Crippen LogP contribution in [0.3, 0.4) is 0 Å². The molecule has 3 aromatic rings. The Hall–Kier alpha value is -4.60. The van der Waals surface area contributed by atoms with Crippen LogP contribution in [0.4, 0.5) is 0 Å².